The summed E-state index contributed by atoms with van der Waals surface area (Å²) < 4.78 is 5.92. The molecule has 2 amide bonds. The number of carbonyl (C=O) groups is 2. The van der Waals surface area contributed by atoms with Gasteiger partial charge < -0.3 is 10.1 Å². The summed E-state index contributed by atoms with van der Waals surface area (Å²) in [4.78, 5) is 33.7. The fourth-order valence-electron chi connectivity index (χ4n) is 2.66. The molecule has 1 heterocycles. The first-order valence-corrected chi connectivity index (χ1v) is 9.51. The summed E-state index contributed by atoms with van der Waals surface area (Å²) in [6.07, 6.45) is 0. The van der Waals surface area contributed by atoms with Crippen molar-refractivity contribution < 1.29 is 19.2 Å². The van der Waals surface area contributed by atoms with Crippen molar-refractivity contribution in [3.05, 3.63) is 69.8 Å². The number of nitrogens with one attached hydrogen (secondary N) is 1. The highest BCUT2D eigenvalue weighted by molar-refractivity contribution is 8.14. The fraction of sp³-hybridized carbons (Fsp3) is 0.211. The maximum absolute atomic E-state index is 12.0. The monoisotopic (exact) mass is 414 g/mol. The standard InChI is InChI=1S/C19H18N4O5S/c1-12(24)20-19-21-22(13(2)25)18(29-19)16-5-3-4-6-17(16)28-11-14-7-9-15(10-8-14)23(26)27/h3-10,18H,11H2,1-2H3,(H,20,21,24). The number of rotatable bonds is 5. The second-order valence-electron chi connectivity index (χ2n) is 6.17. The zero-order valence-electron chi connectivity index (χ0n) is 15.7. The molecule has 2 aromatic rings. The maximum atomic E-state index is 12.0. The first kappa shape index (κ1) is 20.3. The number of nitrogens with zero attached hydrogens (tertiary/aromatic N) is 3. The third kappa shape index (κ3) is 4.91. The van der Waals surface area contributed by atoms with E-state index >= 15 is 0 Å². The lowest BCUT2D eigenvalue weighted by Gasteiger charge is -2.21. The van der Waals surface area contributed by atoms with E-state index in [4.69, 9.17) is 4.74 Å². The van der Waals surface area contributed by atoms with Gasteiger partial charge in [-0.15, -0.1) is 5.10 Å². The van der Waals surface area contributed by atoms with Crippen molar-refractivity contribution in [3.63, 3.8) is 0 Å². The number of para-hydroxylation sites is 1. The summed E-state index contributed by atoms with van der Waals surface area (Å²) in [5.74, 6) is 0.00464. The molecule has 0 bridgehead atoms. The summed E-state index contributed by atoms with van der Waals surface area (Å²) in [5.41, 5.74) is 1.50. The van der Waals surface area contributed by atoms with Gasteiger partial charge in [0.2, 0.25) is 11.8 Å². The molecule has 0 aliphatic carbocycles. The van der Waals surface area contributed by atoms with Crippen LogP contribution in [0.3, 0.4) is 0 Å². The molecule has 0 radical (unpaired) electrons. The highest BCUT2D eigenvalue weighted by Crippen LogP contribution is 2.42. The van der Waals surface area contributed by atoms with Gasteiger partial charge in [-0.25, -0.2) is 5.01 Å². The summed E-state index contributed by atoms with van der Waals surface area (Å²) in [6.45, 7) is 2.97. The minimum atomic E-state index is -0.484. The zero-order chi connectivity index (χ0) is 21.0. The van der Waals surface area contributed by atoms with Gasteiger partial charge in [0.15, 0.2) is 5.17 Å². The number of hydrazone groups is 1. The molecule has 1 aliphatic heterocycles. The van der Waals surface area contributed by atoms with Crippen LogP contribution in [0.25, 0.3) is 0 Å². The Hall–Kier alpha value is -3.40. The Morgan fingerprint density at radius 3 is 2.52 bits per heavy atom. The van der Waals surface area contributed by atoms with Crippen LogP contribution >= 0.6 is 11.8 Å². The van der Waals surface area contributed by atoms with Gasteiger partial charge in [0.25, 0.3) is 5.69 Å². The van der Waals surface area contributed by atoms with Crippen LogP contribution in [0, 0.1) is 10.1 Å². The van der Waals surface area contributed by atoms with Crippen molar-refractivity contribution in [1.82, 2.24) is 10.3 Å². The van der Waals surface area contributed by atoms with Crippen molar-refractivity contribution >= 4 is 34.4 Å². The van der Waals surface area contributed by atoms with Gasteiger partial charge >= 0.3 is 0 Å². The molecule has 9 nitrogen and oxygen atoms in total. The van der Waals surface area contributed by atoms with Gasteiger partial charge in [-0.05, 0) is 23.8 Å². The Kier molecular flexibility index (Phi) is 6.13. The van der Waals surface area contributed by atoms with Crippen LogP contribution in [0.1, 0.15) is 30.3 Å². The van der Waals surface area contributed by atoms with Crippen molar-refractivity contribution in [1.29, 1.82) is 0 Å². The second kappa shape index (κ2) is 8.74. The molecule has 2 aromatic carbocycles. The first-order valence-electron chi connectivity index (χ1n) is 8.63. The topological polar surface area (TPSA) is 114 Å². The van der Waals surface area contributed by atoms with E-state index in [2.05, 4.69) is 10.4 Å². The molecule has 0 fully saturated rings. The van der Waals surface area contributed by atoms with Crippen LogP contribution in [-0.2, 0) is 16.2 Å². The van der Waals surface area contributed by atoms with Crippen LogP contribution in [0.2, 0.25) is 0 Å². The maximum Gasteiger partial charge on any atom is 0.269 e. The Bertz CT molecular complexity index is 977. The summed E-state index contributed by atoms with van der Waals surface area (Å²) in [7, 11) is 0. The van der Waals surface area contributed by atoms with Gasteiger partial charge in [-0.3, -0.25) is 19.7 Å². The Labute approximate surface area is 170 Å². The number of thioether (sulfide) groups is 1. The molecule has 1 aliphatic rings. The third-order valence-electron chi connectivity index (χ3n) is 3.98. The van der Waals surface area contributed by atoms with Crippen LogP contribution < -0.4 is 10.1 Å². The minimum Gasteiger partial charge on any atom is -0.489 e. The van der Waals surface area contributed by atoms with E-state index in [-0.39, 0.29) is 24.1 Å². The summed E-state index contributed by atoms with van der Waals surface area (Å²) in [5, 5.41) is 18.7. The van der Waals surface area contributed by atoms with E-state index in [1.54, 1.807) is 18.2 Å². The first-order chi connectivity index (χ1) is 13.8. The second-order valence-corrected chi connectivity index (χ2v) is 7.24. The molecule has 0 saturated heterocycles. The van der Waals surface area contributed by atoms with Gasteiger partial charge in [0.05, 0.1) is 4.92 Å². The minimum absolute atomic E-state index is 0.0104. The van der Waals surface area contributed by atoms with Crippen LogP contribution in [-0.4, -0.2) is 26.9 Å². The molecule has 1 N–H and O–H groups in total. The molecule has 0 spiro atoms. The number of carbonyl (C=O) groups excluding carboxylic acids is 2. The van der Waals surface area contributed by atoms with Gasteiger partial charge in [0.1, 0.15) is 17.7 Å². The Morgan fingerprint density at radius 2 is 1.90 bits per heavy atom. The molecule has 0 aromatic heterocycles. The highest BCUT2D eigenvalue weighted by Gasteiger charge is 2.34. The number of hydrogen-bond acceptors (Lipinski definition) is 7. The van der Waals surface area contributed by atoms with Crippen molar-refractivity contribution in [2.45, 2.75) is 25.8 Å². The number of nitro groups is 1. The zero-order valence-corrected chi connectivity index (χ0v) is 16.5. The largest absolute Gasteiger partial charge is 0.489 e. The molecule has 10 heteroatoms. The number of amidine groups is 1. The van der Waals surface area contributed by atoms with Gasteiger partial charge in [-0.1, -0.05) is 30.0 Å². The van der Waals surface area contributed by atoms with Gasteiger partial charge in [0, 0.05) is 31.5 Å². The predicted molar refractivity (Wildman–Crippen MR) is 108 cm³/mol. The number of benzene rings is 2. The van der Waals surface area contributed by atoms with Crippen LogP contribution in [0.5, 0.6) is 5.75 Å². The van der Waals surface area contributed by atoms with Gasteiger partial charge in [-0.2, -0.15) is 0 Å². The number of non-ortho nitro benzene ring substituents is 1. The summed E-state index contributed by atoms with van der Waals surface area (Å²) >= 11 is 1.24. The normalized spacial score (nSPS) is 15.6. The fourth-order valence-corrected chi connectivity index (χ4v) is 3.82. The molecule has 150 valence electrons. The van der Waals surface area contributed by atoms with Crippen molar-refractivity contribution in [2.24, 2.45) is 5.10 Å². The SMILES string of the molecule is CC(=O)NC1=NN(C(C)=O)C(c2ccccc2OCc2ccc([N+](=O)[O-])cc2)S1. The molecule has 1 unspecified atom stereocenters. The Balaban J connectivity index is 1.78. The van der Waals surface area contributed by atoms with E-state index in [1.165, 1.54) is 42.8 Å². The lowest BCUT2D eigenvalue weighted by Crippen LogP contribution is -2.25. The van der Waals surface area contributed by atoms with E-state index in [0.29, 0.717) is 10.9 Å². The predicted octanol–water partition coefficient (Wildman–Crippen LogP) is 3.17. The molecular weight excluding hydrogens is 396 g/mol. The van der Waals surface area contributed by atoms with Crippen molar-refractivity contribution in [2.75, 3.05) is 0 Å². The lowest BCUT2D eigenvalue weighted by atomic mass is 10.2. The highest BCUT2D eigenvalue weighted by atomic mass is 32.2. The quantitative estimate of drug-likeness (QED) is 0.594. The third-order valence-corrected chi connectivity index (χ3v) is 5.06. The average molecular weight is 414 g/mol. The van der Waals surface area contributed by atoms with Crippen molar-refractivity contribution in [3.8, 4) is 5.75 Å². The summed E-state index contributed by atoms with van der Waals surface area (Å²) in [6, 6.07) is 13.3. The number of hydrogen-bond donors (Lipinski definition) is 1. The molecule has 1 atom stereocenters. The Morgan fingerprint density at radius 1 is 1.21 bits per heavy atom. The smallest absolute Gasteiger partial charge is 0.269 e. The van der Waals surface area contributed by atoms with Crippen LogP contribution in [0.15, 0.2) is 53.6 Å². The van der Waals surface area contributed by atoms with E-state index in [1.807, 2.05) is 18.2 Å². The van der Waals surface area contributed by atoms with E-state index in [0.717, 1.165) is 11.1 Å². The molecular formula is C19H18N4O5S. The average Bonchev–Trinajstić information content (AvgIpc) is 3.10. The molecule has 3 rings (SSSR count). The molecule has 29 heavy (non-hydrogen) atoms. The number of amides is 2. The van der Waals surface area contributed by atoms with E-state index < -0.39 is 10.3 Å². The number of ether oxygens (including phenoxy) is 1. The molecule has 0 saturated carbocycles. The van der Waals surface area contributed by atoms with E-state index in [9.17, 15) is 19.7 Å². The number of nitro benzene ring substituents is 1. The van der Waals surface area contributed by atoms with Crippen LogP contribution in [0.4, 0.5) is 5.69 Å². The lowest BCUT2D eigenvalue weighted by molar-refractivity contribution is -0.384.